The van der Waals surface area contributed by atoms with Gasteiger partial charge in [0, 0.05) is 42.2 Å². The van der Waals surface area contributed by atoms with Gasteiger partial charge in [0.1, 0.15) is 12.4 Å². The standard InChI is InChI=1S/C25H32N6O4/c1-31(2)14-5-13-27-24(33)25(17-20-7-3-4-8-22(20)29-30-26)18-35-23(28-25)19-9-11-21(12-10-19)34-16-6-15-32/h3-4,7-12,32H,5-6,13-18H2,1-2H3,(H,27,33)/t25-/m1/s1. The zero-order chi connectivity index (χ0) is 25.1. The molecule has 1 heterocycles. The van der Waals surface area contributed by atoms with Crippen molar-refractivity contribution in [1.82, 2.24) is 10.2 Å². The molecule has 1 atom stereocenters. The molecule has 10 heteroatoms. The molecule has 1 aliphatic rings. The molecule has 2 aromatic rings. The lowest BCUT2D eigenvalue weighted by atomic mass is 9.90. The molecule has 1 amide bonds. The maximum absolute atomic E-state index is 13.4. The number of amides is 1. The first kappa shape index (κ1) is 26.0. The number of aliphatic imine (C=N–C) groups is 1. The van der Waals surface area contributed by atoms with E-state index in [2.05, 4.69) is 20.2 Å². The molecule has 0 unspecified atom stereocenters. The Morgan fingerprint density at radius 1 is 1.26 bits per heavy atom. The molecule has 0 radical (unpaired) electrons. The number of nitrogens with one attached hydrogen (secondary N) is 1. The third-order valence-corrected chi connectivity index (χ3v) is 5.55. The average molecular weight is 481 g/mol. The van der Waals surface area contributed by atoms with Crippen molar-refractivity contribution in [3.05, 3.63) is 70.1 Å². The van der Waals surface area contributed by atoms with Gasteiger partial charge < -0.3 is 24.8 Å². The molecule has 35 heavy (non-hydrogen) atoms. The highest BCUT2D eigenvalue weighted by atomic mass is 16.5. The first-order valence-corrected chi connectivity index (χ1v) is 11.6. The third kappa shape index (κ3) is 7.19. The summed E-state index contributed by atoms with van der Waals surface area (Å²) in [5.41, 5.74) is 9.66. The number of aliphatic hydroxyl groups excluding tert-OH is 1. The van der Waals surface area contributed by atoms with E-state index in [1.807, 2.05) is 38.4 Å². The van der Waals surface area contributed by atoms with Crippen LogP contribution in [0.4, 0.5) is 5.69 Å². The van der Waals surface area contributed by atoms with Gasteiger partial charge in [-0.1, -0.05) is 29.4 Å². The molecule has 2 N–H and O–H groups in total. The van der Waals surface area contributed by atoms with Crippen LogP contribution in [0.5, 0.6) is 5.75 Å². The topological polar surface area (TPSA) is 132 Å². The minimum atomic E-state index is -1.19. The van der Waals surface area contributed by atoms with E-state index in [1.54, 1.807) is 24.3 Å². The fourth-order valence-corrected chi connectivity index (χ4v) is 3.71. The maximum atomic E-state index is 13.4. The van der Waals surface area contributed by atoms with Gasteiger partial charge in [0.15, 0.2) is 5.54 Å². The molecule has 0 aromatic heterocycles. The first-order valence-electron chi connectivity index (χ1n) is 11.6. The summed E-state index contributed by atoms with van der Waals surface area (Å²) in [6, 6.07) is 14.4. The normalized spacial score (nSPS) is 16.9. The van der Waals surface area contributed by atoms with Crippen LogP contribution in [-0.2, 0) is 16.0 Å². The van der Waals surface area contributed by atoms with Gasteiger partial charge in [-0.2, -0.15) is 0 Å². The van der Waals surface area contributed by atoms with Gasteiger partial charge >= 0.3 is 0 Å². The highest BCUT2D eigenvalue weighted by molar-refractivity contribution is 6.00. The van der Waals surface area contributed by atoms with Gasteiger partial charge in [0.05, 0.1) is 6.61 Å². The van der Waals surface area contributed by atoms with E-state index in [-0.39, 0.29) is 25.5 Å². The van der Waals surface area contributed by atoms with E-state index >= 15 is 0 Å². The van der Waals surface area contributed by atoms with Crippen LogP contribution in [0, 0.1) is 0 Å². The van der Waals surface area contributed by atoms with Gasteiger partial charge in [0.25, 0.3) is 5.91 Å². The van der Waals surface area contributed by atoms with E-state index < -0.39 is 5.54 Å². The molecule has 10 nitrogen and oxygen atoms in total. The molecule has 0 spiro atoms. The molecule has 3 rings (SSSR count). The van der Waals surface area contributed by atoms with Crippen LogP contribution < -0.4 is 10.1 Å². The second kappa shape index (κ2) is 12.8. The van der Waals surface area contributed by atoms with Crippen LogP contribution in [0.2, 0.25) is 0 Å². The number of ether oxygens (including phenoxy) is 2. The molecular weight excluding hydrogens is 448 g/mol. The van der Waals surface area contributed by atoms with Crippen molar-refractivity contribution in [2.75, 3.05) is 47.0 Å². The van der Waals surface area contributed by atoms with Crippen molar-refractivity contribution in [3.63, 3.8) is 0 Å². The highest BCUT2D eigenvalue weighted by Crippen LogP contribution is 2.31. The Balaban J connectivity index is 1.84. The number of azide groups is 1. The highest BCUT2D eigenvalue weighted by Gasteiger charge is 2.44. The molecule has 2 aromatic carbocycles. The van der Waals surface area contributed by atoms with Crippen molar-refractivity contribution in [3.8, 4) is 5.75 Å². The second-order valence-corrected chi connectivity index (χ2v) is 8.59. The molecule has 0 saturated carbocycles. The Hall–Kier alpha value is -3.59. The van der Waals surface area contributed by atoms with E-state index in [4.69, 9.17) is 25.1 Å². The van der Waals surface area contributed by atoms with E-state index in [0.29, 0.717) is 36.9 Å². The predicted molar refractivity (Wildman–Crippen MR) is 134 cm³/mol. The number of rotatable bonds is 13. The summed E-state index contributed by atoms with van der Waals surface area (Å²) in [4.78, 5) is 23.1. The van der Waals surface area contributed by atoms with Crippen LogP contribution in [0.15, 0.2) is 58.6 Å². The molecule has 0 saturated heterocycles. The summed E-state index contributed by atoms with van der Waals surface area (Å²) in [5.74, 6) is 0.816. The summed E-state index contributed by atoms with van der Waals surface area (Å²) in [7, 11) is 3.97. The van der Waals surface area contributed by atoms with Crippen molar-refractivity contribution >= 4 is 17.5 Å². The minimum Gasteiger partial charge on any atom is -0.494 e. The number of nitrogens with zero attached hydrogens (tertiary/aromatic N) is 5. The van der Waals surface area contributed by atoms with Gasteiger partial charge in [-0.3, -0.25) is 4.79 Å². The number of benzene rings is 2. The zero-order valence-corrected chi connectivity index (χ0v) is 20.2. The summed E-state index contributed by atoms with van der Waals surface area (Å²) >= 11 is 0. The summed E-state index contributed by atoms with van der Waals surface area (Å²) in [6.07, 6.45) is 1.59. The zero-order valence-electron chi connectivity index (χ0n) is 20.2. The van der Waals surface area contributed by atoms with Gasteiger partial charge in [0.2, 0.25) is 5.90 Å². The molecule has 0 bridgehead atoms. The summed E-state index contributed by atoms with van der Waals surface area (Å²) in [5, 5.41) is 15.7. The number of carbonyl (C=O) groups excluding carboxylic acids is 1. The number of aliphatic hydroxyl groups is 1. The average Bonchev–Trinajstić information content (AvgIpc) is 3.29. The number of hydrogen-bond acceptors (Lipinski definition) is 7. The molecular formula is C25H32N6O4. The van der Waals surface area contributed by atoms with E-state index in [1.165, 1.54) is 0 Å². The fraction of sp³-hybridized carbons (Fsp3) is 0.440. The Labute approximate surface area is 205 Å². The largest absolute Gasteiger partial charge is 0.494 e. The lowest BCUT2D eigenvalue weighted by molar-refractivity contribution is -0.126. The molecule has 1 aliphatic heterocycles. The number of hydrogen-bond donors (Lipinski definition) is 2. The summed E-state index contributed by atoms with van der Waals surface area (Å²) in [6.45, 7) is 1.94. The predicted octanol–water partition coefficient (Wildman–Crippen LogP) is 3.22. The van der Waals surface area contributed by atoms with Crippen molar-refractivity contribution in [2.24, 2.45) is 10.1 Å². The Morgan fingerprint density at radius 2 is 2.03 bits per heavy atom. The fourth-order valence-electron chi connectivity index (χ4n) is 3.71. The quantitative estimate of drug-likeness (QED) is 0.197. The first-order chi connectivity index (χ1) is 17.0. The Morgan fingerprint density at radius 3 is 2.74 bits per heavy atom. The number of carbonyl (C=O) groups is 1. The molecule has 0 fully saturated rings. The van der Waals surface area contributed by atoms with Crippen LogP contribution in [0.3, 0.4) is 0 Å². The van der Waals surface area contributed by atoms with Gasteiger partial charge in [-0.15, -0.1) is 0 Å². The second-order valence-electron chi connectivity index (χ2n) is 8.59. The van der Waals surface area contributed by atoms with Crippen LogP contribution >= 0.6 is 0 Å². The lowest BCUT2D eigenvalue weighted by Gasteiger charge is -2.24. The Kier molecular flexibility index (Phi) is 9.48. The van der Waals surface area contributed by atoms with Gasteiger partial charge in [-0.05, 0) is 62.4 Å². The SMILES string of the molecule is CN(C)CCCNC(=O)[C@@]1(Cc2ccccc2N=[N+]=[N-])COC(c2ccc(OCCCO)cc2)=N1. The van der Waals surface area contributed by atoms with Crippen molar-refractivity contribution < 1.29 is 19.4 Å². The lowest BCUT2D eigenvalue weighted by Crippen LogP contribution is -2.48. The summed E-state index contributed by atoms with van der Waals surface area (Å²) < 4.78 is 11.5. The van der Waals surface area contributed by atoms with E-state index in [9.17, 15) is 4.79 Å². The van der Waals surface area contributed by atoms with Crippen LogP contribution in [0.1, 0.15) is 24.0 Å². The van der Waals surface area contributed by atoms with Gasteiger partial charge in [-0.25, -0.2) is 4.99 Å². The monoisotopic (exact) mass is 480 g/mol. The smallest absolute Gasteiger partial charge is 0.251 e. The van der Waals surface area contributed by atoms with E-state index in [0.717, 1.165) is 24.1 Å². The molecule has 186 valence electrons. The van der Waals surface area contributed by atoms with Crippen molar-refractivity contribution in [2.45, 2.75) is 24.8 Å². The Bertz CT molecular complexity index is 1070. The minimum absolute atomic E-state index is 0.0706. The maximum Gasteiger partial charge on any atom is 0.251 e. The van der Waals surface area contributed by atoms with Crippen molar-refractivity contribution in [1.29, 1.82) is 0 Å². The molecule has 0 aliphatic carbocycles. The van der Waals surface area contributed by atoms with Crippen LogP contribution in [-0.4, -0.2) is 74.4 Å². The van der Waals surface area contributed by atoms with Crippen LogP contribution in [0.25, 0.3) is 10.4 Å². The third-order valence-electron chi connectivity index (χ3n) is 5.55.